The van der Waals surface area contributed by atoms with E-state index in [1.807, 2.05) is 25.1 Å². The maximum Gasteiger partial charge on any atom is 0.247 e. The topological polar surface area (TPSA) is 132 Å². The van der Waals surface area contributed by atoms with E-state index in [2.05, 4.69) is 25.1 Å². The number of primary amides is 1. The van der Waals surface area contributed by atoms with E-state index in [4.69, 9.17) is 10.6 Å². The molecule has 0 saturated heterocycles. The number of nitrogens with zero attached hydrogens (tertiary/aromatic N) is 4. The zero-order chi connectivity index (χ0) is 21.7. The van der Waals surface area contributed by atoms with Gasteiger partial charge in [0.15, 0.2) is 16.1 Å². The van der Waals surface area contributed by atoms with Crippen molar-refractivity contribution in [3.63, 3.8) is 0 Å². The van der Waals surface area contributed by atoms with E-state index >= 15 is 0 Å². The quantitative estimate of drug-likeness (QED) is 0.716. The molecule has 4 rings (SSSR count). The van der Waals surface area contributed by atoms with Gasteiger partial charge in [0.1, 0.15) is 0 Å². The first-order valence-electron chi connectivity index (χ1n) is 9.19. The lowest BCUT2D eigenvalue weighted by molar-refractivity contribution is -0.128. The molecular formula is C20H20N6O3S. The van der Waals surface area contributed by atoms with Crippen LogP contribution in [0.5, 0.6) is 0 Å². The number of nitrogens with one attached hydrogen (secondary N) is 1. The normalized spacial score (nSPS) is 22.2. The van der Waals surface area contributed by atoms with E-state index in [0.29, 0.717) is 22.7 Å². The second-order valence-electron chi connectivity index (χ2n) is 7.62. The van der Waals surface area contributed by atoms with Gasteiger partial charge in [0.2, 0.25) is 11.7 Å². The van der Waals surface area contributed by atoms with Crippen LogP contribution in [0.4, 0.5) is 0 Å². The molecule has 3 heterocycles. The van der Waals surface area contributed by atoms with Crippen molar-refractivity contribution in [3.05, 3.63) is 47.4 Å². The van der Waals surface area contributed by atoms with Crippen molar-refractivity contribution in [1.29, 1.82) is 0 Å². The number of carbonyl (C=O) groups excluding carboxylic acids is 2. The van der Waals surface area contributed by atoms with Crippen molar-refractivity contribution >= 4 is 35.1 Å². The molecule has 2 aromatic rings. The Morgan fingerprint density at radius 1 is 1.20 bits per heavy atom. The van der Waals surface area contributed by atoms with E-state index in [1.54, 1.807) is 27.0 Å². The van der Waals surface area contributed by atoms with Gasteiger partial charge in [-0.2, -0.15) is 5.10 Å². The molecule has 0 saturated carbocycles. The number of hydrazone groups is 1. The van der Waals surface area contributed by atoms with E-state index in [1.165, 1.54) is 6.20 Å². The van der Waals surface area contributed by atoms with Gasteiger partial charge in [-0.25, -0.2) is 0 Å². The van der Waals surface area contributed by atoms with E-state index in [0.717, 1.165) is 23.1 Å². The molecule has 9 nitrogen and oxygen atoms in total. The summed E-state index contributed by atoms with van der Waals surface area (Å²) in [6.07, 6.45) is 3.10. The number of carbonyl (C=O) groups is 2. The van der Waals surface area contributed by atoms with Gasteiger partial charge in [0, 0.05) is 11.1 Å². The van der Waals surface area contributed by atoms with Crippen LogP contribution in [0.1, 0.15) is 37.6 Å². The molecule has 1 aromatic heterocycles. The summed E-state index contributed by atoms with van der Waals surface area (Å²) in [7, 11) is 0. The molecule has 154 valence electrons. The molecule has 1 amide bonds. The summed E-state index contributed by atoms with van der Waals surface area (Å²) in [5, 5.41) is 8.02. The van der Waals surface area contributed by atoms with Crippen LogP contribution >= 0.6 is 11.9 Å². The summed E-state index contributed by atoms with van der Waals surface area (Å²) in [6, 6.07) is 5.55. The van der Waals surface area contributed by atoms with Crippen LogP contribution in [0.15, 0.2) is 40.8 Å². The molecule has 1 atom stereocenters. The smallest absolute Gasteiger partial charge is 0.247 e. The number of ketones is 1. The molecule has 30 heavy (non-hydrogen) atoms. The van der Waals surface area contributed by atoms with Gasteiger partial charge in [0.25, 0.3) is 0 Å². The van der Waals surface area contributed by atoms with Crippen LogP contribution < -0.4 is 10.6 Å². The van der Waals surface area contributed by atoms with Gasteiger partial charge in [-0.3, -0.25) is 24.4 Å². The number of oxime groups is 1. The van der Waals surface area contributed by atoms with Gasteiger partial charge >= 0.3 is 0 Å². The van der Waals surface area contributed by atoms with Crippen LogP contribution in [-0.4, -0.2) is 38.7 Å². The molecule has 3 N–H and O–H groups in total. The molecule has 2 aliphatic rings. The lowest BCUT2D eigenvalue weighted by atomic mass is 9.93. The predicted molar refractivity (Wildman–Crippen MR) is 114 cm³/mol. The number of hydrogen-bond acceptors (Lipinski definition) is 9. The largest absolute Gasteiger partial charge is 0.381 e. The fourth-order valence-electron chi connectivity index (χ4n) is 3.31. The third kappa shape index (κ3) is 2.95. The van der Waals surface area contributed by atoms with Gasteiger partial charge in [0.05, 0.1) is 29.5 Å². The van der Waals surface area contributed by atoms with Crippen LogP contribution in [0.25, 0.3) is 11.3 Å². The van der Waals surface area contributed by atoms with Crippen LogP contribution in [0, 0.1) is 6.92 Å². The number of benzene rings is 1. The second-order valence-corrected chi connectivity index (χ2v) is 8.62. The molecule has 0 spiro atoms. The standard InChI is InChI=1S/C20H20N6O3S/c1-10-5-6-12(16-17(27)19(3,4)29-25-16)7-13(10)14-8-23-15(9-22-14)20(18(21)28)11(2)24-26-30-20/h5-9,26H,1-4H3,(H2,21,28). The van der Waals surface area contributed by atoms with E-state index < -0.39 is 16.3 Å². The van der Waals surface area contributed by atoms with Crippen molar-refractivity contribution in [2.24, 2.45) is 16.0 Å². The Balaban J connectivity index is 1.71. The molecule has 10 heteroatoms. The highest BCUT2D eigenvalue weighted by molar-refractivity contribution is 8.00. The van der Waals surface area contributed by atoms with Crippen molar-refractivity contribution in [2.45, 2.75) is 38.0 Å². The molecule has 1 aromatic carbocycles. The Morgan fingerprint density at radius 2 is 1.97 bits per heavy atom. The molecule has 0 bridgehead atoms. The molecular weight excluding hydrogens is 404 g/mol. The van der Waals surface area contributed by atoms with Crippen LogP contribution in [0.2, 0.25) is 0 Å². The third-order valence-electron chi connectivity index (χ3n) is 5.20. The van der Waals surface area contributed by atoms with Crippen LogP contribution in [-0.2, 0) is 19.2 Å². The van der Waals surface area contributed by atoms with Gasteiger partial charge < -0.3 is 10.6 Å². The highest BCUT2D eigenvalue weighted by Crippen LogP contribution is 2.38. The third-order valence-corrected chi connectivity index (χ3v) is 6.39. The van der Waals surface area contributed by atoms with E-state index in [9.17, 15) is 9.59 Å². The summed E-state index contributed by atoms with van der Waals surface area (Å²) < 4.78 is -1.20. The zero-order valence-corrected chi connectivity index (χ0v) is 17.7. The minimum atomic E-state index is -1.20. The Kier molecular flexibility index (Phi) is 4.61. The van der Waals surface area contributed by atoms with Crippen LogP contribution in [0.3, 0.4) is 0 Å². The molecule has 2 aliphatic heterocycles. The summed E-state index contributed by atoms with van der Waals surface area (Å²) in [5.41, 5.74) is 8.84. The number of nitrogens with two attached hydrogens (primary N) is 1. The number of aromatic nitrogens is 2. The minimum absolute atomic E-state index is 0.178. The molecule has 0 fully saturated rings. The predicted octanol–water partition coefficient (Wildman–Crippen LogP) is 1.84. The fourth-order valence-corrected chi connectivity index (χ4v) is 4.13. The Hall–Kier alpha value is -3.27. The monoisotopic (exact) mass is 424 g/mol. The Labute approximate surface area is 177 Å². The zero-order valence-electron chi connectivity index (χ0n) is 16.9. The number of Topliss-reactive ketones (excluding diaryl/α,β-unsaturated/α-hetero) is 1. The number of hydrogen-bond donors (Lipinski definition) is 2. The Bertz CT molecular complexity index is 1130. The highest BCUT2D eigenvalue weighted by Gasteiger charge is 2.48. The van der Waals surface area contributed by atoms with Gasteiger partial charge in [-0.1, -0.05) is 17.3 Å². The summed E-state index contributed by atoms with van der Waals surface area (Å²) in [4.78, 5) is 41.7. The Morgan fingerprint density at radius 3 is 2.50 bits per heavy atom. The second kappa shape index (κ2) is 6.91. The fraction of sp³-hybridized carbons (Fsp3) is 0.300. The summed E-state index contributed by atoms with van der Waals surface area (Å²) in [5.74, 6) is -0.748. The SMILES string of the molecule is CC1=NNSC1(C(N)=O)c1cnc(-c2cc(C3=NOC(C)(C)C3=O)ccc2C)cn1. The first-order chi connectivity index (χ1) is 14.2. The van der Waals surface area contributed by atoms with Gasteiger partial charge in [-0.15, -0.1) is 0 Å². The number of rotatable bonds is 4. The molecule has 0 radical (unpaired) electrons. The molecule has 0 aliphatic carbocycles. The van der Waals surface area contributed by atoms with Crippen molar-refractivity contribution in [1.82, 2.24) is 14.8 Å². The average Bonchev–Trinajstić information content (AvgIpc) is 3.23. The molecule has 1 unspecified atom stereocenters. The van der Waals surface area contributed by atoms with Crippen molar-refractivity contribution in [2.75, 3.05) is 0 Å². The summed E-state index contributed by atoms with van der Waals surface area (Å²) in [6.45, 7) is 7.01. The highest BCUT2D eigenvalue weighted by atomic mass is 32.2. The first kappa shape index (κ1) is 20.0. The maximum absolute atomic E-state index is 12.5. The lowest BCUT2D eigenvalue weighted by Crippen LogP contribution is -2.43. The minimum Gasteiger partial charge on any atom is -0.381 e. The van der Waals surface area contributed by atoms with Crippen molar-refractivity contribution in [3.8, 4) is 11.3 Å². The number of amides is 1. The first-order valence-corrected chi connectivity index (χ1v) is 10.0. The summed E-state index contributed by atoms with van der Waals surface area (Å²) >= 11 is 1.09. The lowest BCUT2D eigenvalue weighted by Gasteiger charge is -2.22. The van der Waals surface area contributed by atoms with Gasteiger partial charge in [-0.05, 0) is 51.3 Å². The maximum atomic E-state index is 12.5. The van der Waals surface area contributed by atoms with E-state index in [-0.39, 0.29) is 11.5 Å². The average molecular weight is 424 g/mol. The van der Waals surface area contributed by atoms with Crippen molar-refractivity contribution < 1.29 is 14.4 Å². The number of aryl methyl sites for hydroxylation is 1.